The highest BCUT2D eigenvalue weighted by Gasteiger charge is 1.85. The van der Waals surface area contributed by atoms with E-state index in [0.717, 1.165) is 0 Å². The lowest BCUT2D eigenvalue weighted by molar-refractivity contribution is 2.28. The third kappa shape index (κ3) is 3.24. The van der Waals surface area contributed by atoms with Gasteiger partial charge in [-0.3, -0.25) is 0 Å². The van der Waals surface area contributed by atoms with Gasteiger partial charge in [-0.15, -0.1) is 0 Å². The van der Waals surface area contributed by atoms with Crippen LogP contribution < -0.4 is 0 Å². The van der Waals surface area contributed by atoms with Crippen LogP contribution in [-0.4, -0.2) is 0 Å². The number of rotatable bonds is 0. The van der Waals surface area contributed by atoms with E-state index in [4.69, 9.17) is 34.8 Å². The van der Waals surface area contributed by atoms with Crippen molar-refractivity contribution in [2.45, 2.75) is 0 Å². The van der Waals surface area contributed by atoms with Crippen molar-refractivity contribution in [3.8, 4) is 0 Å². The summed E-state index contributed by atoms with van der Waals surface area (Å²) in [6.45, 7) is 0. The molecule has 6 heavy (non-hydrogen) atoms. The molecule has 0 aromatic carbocycles. The molecule has 1 unspecified atom stereocenters. The predicted molar refractivity (Wildman–Crippen MR) is 34.3 cm³/mol. The summed E-state index contributed by atoms with van der Waals surface area (Å²) in [6.07, 6.45) is 0. The summed E-state index contributed by atoms with van der Waals surface area (Å²) >= 11 is 15.4. The highest BCUT2D eigenvalue weighted by molar-refractivity contribution is 7.27. The molecule has 1 atom stereocenters. The van der Waals surface area contributed by atoms with Crippen molar-refractivity contribution >= 4 is 44.0 Å². The van der Waals surface area contributed by atoms with Crippen molar-refractivity contribution in [2.24, 2.45) is 0 Å². The molecule has 0 aromatic heterocycles. The molecule has 0 rings (SSSR count). The van der Waals surface area contributed by atoms with Crippen LogP contribution >= 0.6 is 44.0 Å². The molecule has 36 valence electrons. The van der Waals surface area contributed by atoms with E-state index in [1.807, 2.05) is 0 Å². The van der Waals surface area contributed by atoms with Crippen molar-refractivity contribution in [1.82, 2.24) is 0 Å². The highest BCUT2D eigenvalue weighted by atomic mass is 35.5. The zero-order valence-corrected chi connectivity index (χ0v) is 6.13. The minimum Gasteiger partial charge on any atom is -0.0904 e. The molecule has 0 spiro atoms. The van der Waals surface area contributed by atoms with Gasteiger partial charge in [0.05, 0.1) is 4.77 Å². The molecule has 0 saturated heterocycles. The number of hydrogen-bond donors (Lipinski definition) is 0. The Morgan fingerprint density at radius 2 is 1.33 bits per heavy atom. The Labute approximate surface area is 53.7 Å². The van der Waals surface area contributed by atoms with E-state index in [1.165, 1.54) is 0 Å². The van der Waals surface area contributed by atoms with Gasteiger partial charge in [0.25, 0.3) is 0 Å². The summed E-state index contributed by atoms with van der Waals surface area (Å²) in [5, 5.41) is 0. The minimum atomic E-state index is 0.0988. The Morgan fingerprint density at radius 3 is 1.33 bits per heavy atom. The molecule has 0 fully saturated rings. The van der Waals surface area contributed by atoms with Gasteiger partial charge in [-0.2, -0.15) is 0 Å². The Kier molecular flexibility index (Phi) is 3.63. The summed E-state index contributed by atoms with van der Waals surface area (Å²) in [4.78, 5) is 0. The van der Waals surface area contributed by atoms with Crippen LogP contribution in [0, 0.1) is 0 Å². The lowest BCUT2D eigenvalue weighted by Gasteiger charge is -1.78. The SMILES string of the molecule is PC(Cl)=C(Cl)Cl. The Hall–Kier alpha value is 1.04. The predicted octanol–water partition coefficient (Wildman–Crippen LogP) is 2.70. The summed E-state index contributed by atoms with van der Waals surface area (Å²) in [5.74, 6) is 0. The summed E-state index contributed by atoms with van der Waals surface area (Å²) in [7, 11) is 2.15. The maximum atomic E-state index is 5.19. The molecule has 0 radical (unpaired) electrons. The zero-order chi connectivity index (χ0) is 5.15. The minimum absolute atomic E-state index is 0.0988. The van der Waals surface area contributed by atoms with E-state index in [1.54, 1.807) is 0 Å². The van der Waals surface area contributed by atoms with Gasteiger partial charge < -0.3 is 0 Å². The van der Waals surface area contributed by atoms with Gasteiger partial charge >= 0.3 is 0 Å². The molecule has 0 aliphatic rings. The van der Waals surface area contributed by atoms with E-state index in [0.29, 0.717) is 4.77 Å². The molecule has 0 aliphatic carbocycles. The topological polar surface area (TPSA) is 0 Å². The van der Waals surface area contributed by atoms with Gasteiger partial charge in [0, 0.05) is 0 Å². The van der Waals surface area contributed by atoms with Gasteiger partial charge in [-0.05, 0) is 0 Å². The fourth-order valence-corrected chi connectivity index (χ4v) is 0. The van der Waals surface area contributed by atoms with Crippen LogP contribution in [0.1, 0.15) is 0 Å². The third-order valence-electron chi connectivity index (χ3n) is 0.181. The molecule has 0 bridgehead atoms. The standard InChI is InChI=1S/C2H2Cl3P/c3-1(4)2(5)6/h6H2. The van der Waals surface area contributed by atoms with Gasteiger partial charge in [0.15, 0.2) is 0 Å². The average molecular weight is 163 g/mol. The van der Waals surface area contributed by atoms with E-state index in [2.05, 4.69) is 9.24 Å². The maximum absolute atomic E-state index is 5.19. The van der Waals surface area contributed by atoms with Crippen molar-refractivity contribution in [2.75, 3.05) is 0 Å². The lowest BCUT2D eigenvalue weighted by Crippen LogP contribution is -1.46. The van der Waals surface area contributed by atoms with Gasteiger partial charge in [-0.25, -0.2) is 0 Å². The molecule has 0 N–H and O–H groups in total. The molecule has 0 aromatic rings. The van der Waals surface area contributed by atoms with Gasteiger partial charge in [0.2, 0.25) is 0 Å². The molecule has 0 nitrogen and oxygen atoms in total. The van der Waals surface area contributed by atoms with Crippen LogP contribution in [0.5, 0.6) is 0 Å². The van der Waals surface area contributed by atoms with Crippen molar-refractivity contribution in [3.63, 3.8) is 0 Å². The van der Waals surface area contributed by atoms with Gasteiger partial charge in [-0.1, -0.05) is 44.0 Å². The molecule has 0 amide bonds. The molecule has 4 heteroatoms. The first-order valence-electron chi connectivity index (χ1n) is 1.11. The zero-order valence-electron chi connectivity index (χ0n) is 2.71. The van der Waals surface area contributed by atoms with Crippen molar-refractivity contribution in [3.05, 3.63) is 9.26 Å². The van der Waals surface area contributed by atoms with E-state index < -0.39 is 0 Å². The smallest absolute Gasteiger partial charge is 0.0904 e. The Balaban J connectivity index is 3.68. The number of hydrogen-bond acceptors (Lipinski definition) is 0. The fourth-order valence-electron chi connectivity index (χ4n) is 0. The van der Waals surface area contributed by atoms with Crippen LogP contribution in [0.3, 0.4) is 0 Å². The van der Waals surface area contributed by atoms with Crippen LogP contribution in [0.15, 0.2) is 9.26 Å². The third-order valence-corrected chi connectivity index (χ3v) is 1.62. The van der Waals surface area contributed by atoms with Crippen molar-refractivity contribution < 1.29 is 0 Å². The molecule has 0 aliphatic heterocycles. The van der Waals surface area contributed by atoms with Crippen LogP contribution in [-0.2, 0) is 0 Å². The normalized spacial score (nSPS) is 8.00. The number of halogens is 3. The summed E-state index contributed by atoms with van der Waals surface area (Å²) < 4.78 is 0.444. The quantitative estimate of drug-likeness (QED) is 0.482. The fraction of sp³-hybridized carbons (Fsp3) is 0. The second-order valence-electron chi connectivity index (χ2n) is 0.608. The van der Waals surface area contributed by atoms with Crippen LogP contribution in [0.2, 0.25) is 0 Å². The first kappa shape index (κ1) is 7.04. The van der Waals surface area contributed by atoms with Crippen molar-refractivity contribution in [1.29, 1.82) is 0 Å². The average Bonchev–Trinajstić information content (AvgIpc) is 1.36. The second-order valence-corrected chi connectivity index (χ2v) is 2.91. The Bertz CT molecular complexity index is 58.9. The van der Waals surface area contributed by atoms with Crippen LogP contribution in [0.4, 0.5) is 0 Å². The maximum Gasteiger partial charge on any atom is 0.125 e. The van der Waals surface area contributed by atoms with E-state index in [9.17, 15) is 0 Å². The molecular formula is C2H2Cl3P. The summed E-state index contributed by atoms with van der Waals surface area (Å²) in [5.41, 5.74) is 0. The molecule has 0 saturated carbocycles. The first-order valence-corrected chi connectivity index (χ1v) is 2.82. The summed E-state index contributed by atoms with van der Waals surface area (Å²) in [6, 6.07) is 0. The Morgan fingerprint density at radius 1 is 1.17 bits per heavy atom. The largest absolute Gasteiger partial charge is 0.125 e. The van der Waals surface area contributed by atoms with E-state index in [-0.39, 0.29) is 4.49 Å². The molecular weight excluding hydrogens is 161 g/mol. The molecule has 0 heterocycles. The highest BCUT2D eigenvalue weighted by Crippen LogP contribution is 2.22. The first-order chi connectivity index (χ1) is 2.64. The lowest BCUT2D eigenvalue weighted by atomic mass is 11.2. The second kappa shape index (κ2) is 3.10. The van der Waals surface area contributed by atoms with E-state index >= 15 is 0 Å². The van der Waals surface area contributed by atoms with Crippen LogP contribution in [0.25, 0.3) is 0 Å². The monoisotopic (exact) mass is 162 g/mol. The van der Waals surface area contributed by atoms with Gasteiger partial charge in [0.1, 0.15) is 4.49 Å².